The summed E-state index contributed by atoms with van der Waals surface area (Å²) in [5, 5.41) is 0. The molecule has 21 heavy (non-hydrogen) atoms. The zero-order chi connectivity index (χ0) is 15.1. The highest BCUT2D eigenvalue weighted by atomic mass is 16.5. The Morgan fingerprint density at radius 2 is 2.14 bits per heavy atom. The number of carbonyl (C=O) groups is 1. The Morgan fingerprint density at radius 1 is 1.29 bits per heavy atom. The first-order valence-corrected chi connectivity index (χ1v) is 8.52. The molecule has 0 aliphatic carbocycles. The van der Waals surface area contributed by atoms with Gasteiger partial charge in [-0.05, 0) is 45.6 Å². The molecular weight excluding hydrogens is 266 g/mol. The molecule has 2 atom stereocenters. The summed E-state index contributed by atoms with van der Waals surface area (Å²) in [4.78, 5) is 16.7. The highest BCUT2D eigenvalue weighted by Gasteiger charge is 2.23. The summed E-state index contributed by atoms with van der Waals surface area (Å²) in [7, 11) is 0. The highest BCUT2D eigenvalue weighted by Crippen LogP contribution is 2.15. The number of carbonyl (C=O) groups excluding carboxylic acids is 1. The Labute approximate surface area is 128 Å². The van der Waals surface area contributed by atoms with Crippen molar-refractivity contribution in [1.29, 1.82) is 0 Å². The van der Waals surface area contributed by atoms with Crippen LogP contribution in [0.25, 0.3) is 0 Å². The van der Waals surface area contributed by atoms with E-state index in [0.29, 0.717) is 18.4 Å². The second kappa shape index (κ2) is 8.71. The van der Waals surface area contributed by atoms with Crippen molar-refractivity contribution in [1.82, 2.24) is 9.80 Å². The summed E-state index contributed by atoms with van der Waals surface area (Å²) >= 11 is 0. The van der Waals surface area contributed by atoms with Crippen LogP contribution in [0.1, 0.15) is 45.4 Å². The van der Waals surface area contributed by atoms with Gasteiger partial charge in [0.15, 0.2) is 0 Å². The van der Waals surface area contributed by atoms with Crippen LogP contribution in [0.15, 0.2) is 0 Å². The van der Waals surface area contributed by atoms with E-state index in [1.807, 2.05) is 11.8 Å². The molecule has 2 aliphatic rings. The van der Waals surface area contributed by atoms with Gasteiger partial charge in [0.1, 0.15) is 0 Å². The lowest BCUT2D eigenvalue weighted by Gasteiger charge is -2.24. The summed E-state index contributed by atoms with van der Waals surface area (Å²) in [6.07, 6.45) is 6.37. The van der Waals surface area contributed by atoms with Crippen molar-refractivity contribution in [2.24, 2.45) is 5.73 Å². The zero-order valence-corrected chi connectivity index (χ0v) is 13.4. The molecule has 0 aromatic carbocycles. The largest absolute Gasteiger partial charge is 0.377 e. The van der Waals surface area contributed by atoms with Gasteiger partial charge in [0, 0.05) is 45.2 Å². The fourth-order valence-electron chi connectivity index (χ4n) is 3.21. The molecule has 2 N–H and O–H groups in total. The Morgan fingerprint density at radius 3 is 2.86 bits per heavy atom. The molecule has 2 unspecified atom stereocenters. The second-order valence-corrected chi connectivity index (χ2v) is 6.54. The molecule has 2 fully saturated rings. The van der Waals surface area contributed by atoms with Gasteiger partial charge in [-0.2, -0.15) is 0 Å². The second-order valence-electron chi connectivity index (χ2n) is 6.54. The molecule has 0 saturated carbocycles. The fourth-order valence-corrected chi connectivity index (χ4v) is 3.21. The van der Waals surface area contributed by atoms with E-state index in [9.17, 15) is 4.79 Å². The lowest BCUT2D eigenvalue weighted by Crippen LogP contribution is -2.37. The van der Waals surface area contributed by atoms with Crippen molar-refractivity contribution in [2.45, 2.75) is 57.6 Å². The van der Waals surface area contributed by atoms with Crippen molar-refractivity contribution < 1.29 is 9.53 Å². The molecule has 2 rings (SSSR count). The zero-order valence-electron chi connectivity index (χ0n) is 13.4. The smallest absolute Gasteiger partial charge is 0.222 e. The van der Waals surface area contributed by atoms with Crippen LogP contribution in [0.2, 0.25) is 0 Å². The van der Waals surface area contributed by atoms with Crippen LogP contribution < -0.4 is 5.73 Å². The molecule has 0 aromatic heterocycles. The monoisotopic (exact) mass is 297 g/mol. The van der Waals surface area contributed by atoms with Crippen molar-refractivity contribution in [3.63, 3.8) is 0 Å². The third kappa shape index (κ3) is 5.93. The Bertz CT molecular complexity index is 317. The van der Waals surface area contributed by atoms with Gasteiger partial charge in [-0.25, -0.2) is 0 Å². The van der Waals surface area contributed by atoms with Crippen molar-refractivity contribution in [3.05, 3.63) is 0 Å². The van der Waals surface area contributed by atoms with Gasteiger partial charge in [-0.1, -0.05) is 0 Å². The van der Waals surface area contributed by atoms with Gasteiger partial charge in [0.25, 0.3) is 0 Å². The number of ether oxygens (including phenoxy) is 1. The van der Waals surface area contributed by atoms with Crippen molar-refractivity contribution in [2.75, 3.05) is 39.3 Å². The molecule has 2 heterocycles. The van der Waals surface area contributed by atoms with E-state index >= 15 is 0 Å². The summed E-state index contributed by atoms with van der Waals surface area (Å²) in [6, 6.07) is 0.198. The van der Waals surface area contributed by atoms with Crippen molar-refractivity contribution >= 4 is 5.91 Å². The normalized spacial score (nSPS) is 25.8. The third-order valence-corrected chi connectivity index (χ3v) is 4.48. The maximum Gasteiger partial charge on any atom is 0.222 e. The lowest BCUT2D eigenvalue weighted by molar-refractivity contribution is -0.131. The van der Waals surface area contributed by atoms with Crippen LogP contribution in [0, 0.1) is 0 Å². The number of rotatable bonds is 6. The number of nitrogens with zero attached hydrogens (tertiary/aromatic N) is 2. The topological polar surface area (TPSA) is 58.8 Å². The van der Waals surface area contributed by atoms with Gasteiger partial charge in [-0.3, -0.25) is 9.69 Å². The molecule has 5 heteroatoms. The number of amides is 1. The Kier molecular flexibility index (Phi) is 6.93. The van der Waals surface area contributed by atoms with Gasteiger partial charge in [-0.15, -0.1) is 0 Å². The average Bonchev–Trinajstić information content (AvgIpc) is 2.83. The first kappa shape index (κ1) is 16.7. The number of hydrogen-bond acceptors (Lipinski definition) is 4. The number of hydrogen-bond donors (Lipinski definition) is 1. The van der Waals surface area contributed by atoms with Gasteiger partial charge >= 0.3 is 0 Å². The van der Waals surface area contributed by atoms with E-state index < -0.39 is 0 Å². The third-order valence-electron chi connectivity index (χ3n) is 4.48. The first-order chi connectivity index (χ1) is 10.1. The van der Waals surface area contributed by atoms with Crippen LogP contribution in [0.3, 0.4) is 0 Å². The molecule has 2 aliphatic heterocycles. The standard InChI is InChI=1S/C16H31N3O2/c1-14(17)5-2-7-16(20)19-9-4-8-18(10-11-19)13-15-6-3-12-21-15/h14-15H,2-13,17H2,1H3. The minimum atomic E-state index is 0.198. The van der Waals surface area contributed by atoms with Gasteiger partial charge < -0.3 is 15.4 Å². The summed E-state index contributed by atoms with van der Waals surface area (Å²) in [5.41, 5.74) is 5.73. The molecule has 0 aromatic rings. The Hall–Kier alpha value is -0.650. The maximum absolute atomic E-state index is 12.2. The quantitative estimate of drug-likeness (QED) is 0.801. The molecule has 1 amide bonds. The Balaban J connectivity index is 1.68. The summed E-state index contributed by atoms with van der Waals surface area (Å²) in [6.45, 7) is 7.79. The highest BCUT2D eigenvalue weighted by molar-refractivity contribution is 5.76. The molecule has 2 saturated heterocycles. The SMILES string of the molecule is CC(N)CCCC(=O)N1CCCN(CC2CCCO2)CC1. The van der Waals surface area contributed by atoms with E-state index in [4.69, 9.17) is 10.5 Å². The molecule has 5 nitrogen and oxygen atoms in total. The van der Waals surface area contributed by atoms with Crippen LogP contribution in [-0.4, -0.2) is 67.2 Å². The van der Waals surface area contributed by atoms with Crippen LogP contribution in [0.4, 0.5) is 0 Å². The predicted octanol–water partition coefficient (Wildman–Crippen LogP) is 1.22. The molecule has 0 spiro atoms. The van der Waals surface area contributed by atoms with E-state index in [0.717, 1.165) is 58.6 Å². The summed E-state index contributed by atoms with van der Waals surface area (Å²) < 4.78 is 5.71. The minimum absolute atomic E-state index is 0.198. The van der Waals surface area contributed by atoms with Crippen LogP contribution in [-0.2, 0) is 9.53 Å². The average molecular weight is 297 g/mol. The van der Waals surface area contributed by atoms with E-state index in [1.54, 1.807) is 0 Å². The van der Waals surface area contributed by atoms with Gasteiger partial charge in [0.05, 0.1) is 6.10 Å². The van der Waals surface area contributed by atoms with E-state index in [2.05, 4.69) is 4.90 Å². The number of nitrogens with two attached hydrogens (primary N) is 1. The van der Waals surface area contributed by atoms with E-state index in [-0.39, 0.29) is 6.04 Å². The maximum atomic E-state index is 12.2. The molecule has 0 radical (unpaired) electrons. The first-order valence-electron chi connectivity index (χ1n) is 8.52. The van der Waals surface area contributed by atoms with E-state index in [1.165, 1.54) is 12.8 Å². The molecule has 0 bridgehead atoms. The lowest BCUT2D eigenvalue weighted by atomic mass is 10.1. The molecule has 122 valence electrons. The van der Waals surface area contributed by atoms with Crippen LogP contribution in [0.5, 0.6) is 0 Å². The predicted molar refractivity (Wildman–Crippen MR) is 84.1 cm³/mol. The summed E-state index contributed by atoms with van der Waals surface area (Å²) in [5.74, 6) is 0.301. The fraction of sp³-hybridized carbons (Fsp3) is 0.938. The van der Waals surface area contributed by atoms with Crippen LogP contribution >= 0.6 is 0 Å². The van der Waals surface area contributed by atoms with Gasteiger partial charge in [0.2, 0.25) is 5.91 Å². The molecular formula is C16H31N3O2. The minimum Gasteiger partial charge on any atom is -0.377 e. The van der Waals surface area contributed by atoms with Crippen molar-refractivity contribution in [3.8, 4) is 0 Å².